The highest BCUT2D eigenvalue weighted by atomic mass is 19.1. The summed E-state index contributed by atoms with van der Waals surface area (Å²) < 4.78 is 16.9. The zero-order valence-corrected chi connectivity index (χ0v) is 16.8. The molecule has 6 heteroatoms. The van der Waals surface area contributed by atoms with E-state index in [0.717, 1.165) is 29.2 Å². The molecule has 4 aromatic rings. The van der Waals surface area contributed by atoms with Crippen molar-refractivity contribution in [3.05, 3.63) is 83.3 Å². The number of hydrogen-bond donors (Lipinski definition) is 2. The van der Waals surface area contributed by atoms with Gasteiger partial charge in [0.15, 0.2) is 11.5 Å². The summed E-state index contributed by atoms with van der Waals surface area (Å²) in [5, 5.41) is 14.9. The first-order valence-corrected chi connectivity index (χ1v) is 10.3. The normalized spacial score (nSPS) is 13.6. The fourth-order valence-electron chi connectivity index (χ4n) is 4.22. The minimum atomic E-state index is -1.33. The summed E-state index contributed by atoms with van der Waals surface area (Å²) >= 11 is 0. The van der Waals surface area contributed by atoms with Gasteiger partial charge in [0.05, 0.1) is 11.9 Å². The second-order valence-electron chi connectivity index (χ2n) is 8.02. The third kappa shape index (κ3) is 3.54. The van der Waals surface area contributed by atoms with Crippen molar-refractivity contribution in [2.24, 2.45) is 0 Å². The van der Waals surface area contributed by atoms with E-state index < -0.39 is 17.5 Å². The molecule has 0 radical (unpaired) electrons. The van der Waals surface area contributed by atoms with Crippen molar-refractivity contribution in [1.82, 2.24) is 9.88 Å². The standard InChI is InChI=1S/C25H21FN2O3/c26-23-22-16(13-21(29)27-18-11-12-18)7-4-10-20(22)28(24(23)25(30)31)14-17-8-3-6-15-5-1-2-9-19(15)17/h1-10,18H,11-14H2,(H,27,29)(H,30,31). The van der Waals surface area contributed by atoms with Gasteiger partial charge in [-0.3, -0.25) is 4.79 Å². The highest BCUT2D eigenvalue weighted by Gasteiger charge is 2.27. The predicted octanol–water partition coefficient (Wildman–Crippen LogP) is 4.50. The van der Waals surface area contributed by atoms with Crippen LogP contribution in [0.3, 0.4) is 0 Å². The first kappa shape index (κ1) is 19.3. The number of carboxylic acids is 1. The van der Waals surface area contributed by atoms with Gasteiger partial charge in [0.2, 0.25) is 5.91 Å². The van der Waals surface area contributed by atoms with Gasteiger partial charge in [-0.2, -0.15) is 0 Å². The number of aromatic nitrogens is 1. The summed E-state index contributed by atoms with van der Waals surface area (Å²) in [6.45, 7) is 0.209. The van der Waals surface area contributed by atoms with Crippen LogP contribution in [0, 0.1) is 5.82 Å². The second kappa shape index (κ2) is 7.54. The van der Waals surface area contributed by atoms with Crippen LogP contribution < -0.4 is 5.32 Å². The Morgan fingerprint density at radius 1 is 1.00 bits per heavy atom. The molecule has 1 saturated carbocycles. The minimum Gasteiger partial charge on any atom is -0.476 e. The fraction of sp³-hybridized carbons (Fsp3) is 0.200. The molecule has 3 aromatic carbocycles. The second-order valence-corrected chi connectivity index (χ2v) is 8.02. The predicted molar refractivity (Wildman–Crippen MR) is 117 cm³/mol. The van der Waals surface area contributed by atoms with Gasteiger partial charge in [-0.15, -0.1) is 0 Å². The summed E-state index contributed by atoms with van der Waals surface area (Å²) in [6.07, 6.45) is 1.95. The van der Waals surface area contributed by atoms with E-state index in [1.165, 1.54) is 4.57 Å². The number of fused-ring (bicyclic) bond motifs is 2. The molecular weight excluding hydrogens is 395 g/mol. The smallest absolute Gasteiger partial charge is 0.355 e. The average Bonchev–Trinajstić information content (AvgIpc) is 3.51. The molecule has 2 N–H and O–H groups in total. The molecule has 0 saturated heterocycles. The molecule has 1 aliphatic rings. The molecule has 1 aliphatic carbocycles. The average molecular weight is 416 g/mol. The van der Waals surface area contributed by atoms with Gasteiger partial charge >= 0.3 is 5.97 Å². The zero-order valence-electron chi connectivity index (χ0n) is 16.8. The minimum absolute atomic E-state index is 0.0160. The zero-order chi connectivity index (χ0) is 21.5. The van der Waals surface area contributed by atoms with Crippen molar-refractivity contribution in [1.29, 1.82) is 0 Å². The molecule has 1 heterocycles. The van der Waals surface area contributed by atoms with E-state index >= 15 is 4.39 Å². The molecule has 31 heavy (non-hydrogen) atoms. The van der Waals surface area contributed by atoms with E-state index in [0.29, 0.717) is 11.1 Å². The van der Waals surface area contributed by atoms with Crippen LogP contribution in [-0.2, 0) is 17.8 Å². The van der Waals surface area contributed by atoms with Crippen LogP contribution in [0.1, 0.15) is 34.5 Å². The largest absolute Gasteiger partial charge is 0.476 e. The lowest BCUT2D eigenvalue weighted by molar-refractivity contribution is -0.120. The Morgan fingerprint density at radius 2 is 1.71 bits per heavy atom. The number of aromatic carboxylic acids is 1. The number of benzene rings is 3. The molecule has 0 bridgehead atoms. The van der Waals surface area contributed by atoms with Crippen LogP contribution in [0.2, 0.25) is 0 Å². The van der Waals surface area contributed by atoms with Crippen LogP contribution in [0.15, 0.2) is 60.7 Å². The van der Waals surface area contributed by atoms with Gasteiger partial charge in [-0.05, 0) is 40.8 Å². The van der Waals surface area contributed by atoms with Gasteiger partial charge in [0, 0.05) is 18.0 Å². The highest BCUT2D eigenvalue weighted by molar-refractivity contribution is 5.98. The van der Waals surface area contributed by atoms with Crippen molar-refractivity contribution >= 4 is 33.6 Å². The third-order valence-corrected chi connectivity index (χ3v) is 5.82. The summed E-state index contributed by atoms with van der Waals surface area (Å²) in [6, 6.07) is 19.0. The monoisotopic (exact) mass is 416 g/mol. The molecule has 0 unspecified atom stereocenters. The molecule has 0 atom stereocenters. The Balaban J connectivity index is 1.63. The van der Waals surface area contributed by atoms with Crippen LogP contribution in [0.4, 0.5) is 4.39 Å². The lowest BCUT2D eigenvalue weighted by Gasteiger charge is -2.11. The molecular formula is C25H21FN2O3. The van der Waals surface area contributed by atoms with E-state index in [1.807, 2.05) is 42.5 Å². The van der Waals surface area contributed by atoms with E-state index in [9.17, 15) is 14.7 Å². The summed E-state index contributed by atoms with van der Waals surface area (Å²) in [5.41, 5.74) is 1.47. The van der Waals surface area contributed by atoms with Gasteiger partial charge < -0.3 is 15.0 Å². The number of amides is 1. The van der Waals surface area contributed by atoms with Crippen molar-refractivity contribution in [3.8, 4) is 0 Å². The van der Waals surface area contributed by atoms with Crippen LogP contribution >= 0.6 is 0 Å². The number of carbonyl (C=O) groups is 2. The Morgan fingerprint density at radius 3 is 2.48 bits per heavy atom. The lowest BCUT2D eigenvalue weighted by atomic mass is 10.0. The highest BCUT2D eigenvalue weighted by Crippen LogP contribution is 2.31. The Kier molecular flexibility index (Phi) is 4.70. The molecule has 156 valence electrons. The maximum Gasteiger partial charge on any atom is 0.355 e. The molecule has 1 aromatic heterocycles. The third-order valence-electron chi connectivity index (χ3n) is 5.82. The number of nitrogens with one attached hydrogen (secondary N) is 1. The number of rotatable bonds is 6. The fourth-order valence-corrected chi connectivity index (χ4v) is 4.22. The van der Waals surface area contributed by atoms with E-state index in [-0.39, 0.29) is 30.3 Å². The topological polar surface area (TPSA) is 71.3 Å². The Bertz CT molecular complexity index is 1330. The SMILES string of the molecule is O=C(Cc1cccc2c1c(F)c(C(=O)O)n2Cc1cccc2ccccc12)NC1CC1. The number of hydrogen-bond acceptors (Lipinski definition) is 2. The van der Waals surface area contributed by atoms with Gasteiger partial charge in [-0.25, -0.2) is 9.18 Å². The number of halogens is 1. The molecule has 0 spiro atoms. The maximum absolute atomic E-state index is 15.4. The maximum atomic E-state index is 15.4. The van der Waals surface area contributed by atoms with Crippen LogP contribution in [-0.4, -0.2) is 27.6 Å². The Hall–Kier alpha value is -3.67. The molecule has 1 fully saturated rings. The van der Waals surface area contributed by atoms with Crippen LogP contribution in [0.25, 0.3) is 21.7 Å². The number of nitrogens with zero attached hydrogens (tertiary/aromatic N) is 1. The number of carbonyl (C=O) groups excluding carboxylic acids is 1. The summed E-state index contributed by atoms with van der Waals surface area (Å²) in [7, 11) is 0. The molecule has 1 amide bonds. The molecule has 0 aliphatic heterocycles. The van der Waals surface area contributed by atoms with Gasteiger partial charge in [0.1, 0.15) is 0 Å². The summed E-state index contributed by atoms with van der Waals surface area (Å²) in [4.78, 5) is 24.3. The Labute approximate surface area is 178 Å². The molecule has 5 nitrogen and oxygen atoms in total. The van der Waals surface area contributed by atoms with Crippen LogP contribution in [0.5, 0.6) is 0 Å². The quantitative estimate of drug-likeness (QED) is 0.486. The first-order chi connectivity index (χ1) is 15.0. The van der Waals surface area contributed by atoms with E-state index in [4.69, 9.17) is 0 Å². The van der Waals surface area contributed by atoms with Crippen molar-refractivity contribution < 1.29 is 19.1 Å². The van der Waals surface area contributed by atoms with Gasteiger partial charge in [0.25, 0.3) is 0 Å². The van der Waals surface area contributed by atoms with Crippen molar-refractivity contribution in [2.75, 3.05) is 0 Å². The van der Waals surface area contributed by atoms with Gasteiger partial charge in [-0.1, -0.05) is 54.6 Å². The van der Waals surface area contributed by atoms with E-state index in [2.05, 4.69) is 5.32 Å². The van der Waals surface area contributed by atoms with Crippen molar-refractivity contribution in [2.45, 2.75) is 31.8 Å². The van der Waals surface area contributed by atoms with Crippen molar-refractivity contribution in [3.63, 3.8) is 0 Å². The summed E-state index contributed by atoms with van der Waals surface area (Å²) in [5.74, 6) is -2.30. The first-order valence-electron chi connectivity index (χ1n) is 10.3. The number of carboxylic acid groups (broad SMARTS) is 1. The lowest BCUT2D eigenvalue weighted by Crippen LogP contribution is -2.27. The van der Waals surface area contributed by atoms with E-state index in [1.54, 1.807) is 18.2 Å². The molecule has 5 rings (SSSR count).